The molecule has 3 N–H and O–H groups in total. The van der Waals surface area contributed by atoms with Crippen molar-refractivity contribution in [3.8, 4) is 5.75 Å². The summed E-state index contributed by atoms with van der Waals surface area (Å²) in [4.78, 5) is 15.4. The van der Waals surface area contributed by atoms with E-state index in [1.165, 1.54) is 24.4 Å². The molecule has 2 aromatic heterocycles. The van der Waals surface area contributed by atoms with E-state index in [4.69, 9.17) is 10.5 Å². The Balaban J connectivity index is 1.67. The Kier molecular flexibility index (Phi) is 5.98. The molecule has 184 valence electrons. The molecule has 0 bridgehead atoms. The summed E-state index contributed by atoms with van der Waals surface area (Å²) in [7, 11) is 1.42. The van der Waals surface area contributed by atoms with Crippen molar-refractivity contribution in [3.63, 3.8) is 0 Å². The molecular weight excluding hydrogens is 465 g/mol. The normalized spacial score (nSPS) is 15.4. The van der Waals surface area contributed by atoms with Crippen LogP contribution >= 0.6 is 0 Å². The Hall–Kier alpha value is -4.51. The van der Waals surface area contributed by atoms with Gasteiger partial charge in [0.05, 0.1) is 37.0 Å². The molecule has 0 unspecified atom stereocenters. The van der Waals surface area contributed by atoms with E-state index in [-0.39, 0.29) is 43.1 Å². The summed E-state index contributed by atoms with van der Waals surface area (Å²) in [6, 6.07) is 14.1. The van der Waals surface area contributed by atoms with Gasteiger partial charge >= 0.3 is 5.84 Å². The molecule has 0 fully saturated rings. The van der Waals surface area contributed by atoms with Gasteiger partial charge in [-0.25, -0.2) is 4.39 Å². The summed E-state index contributed by atoms with van der Waals surface area (Å²) in [5, 5.41) is 24.8. The lowest BCUT2D eigenvalue weighted by Crippen LogP contribution is -2.44. The van der Waals surface area contributed by atoms with Crippen molar-refractivity contribution in [1.29, 1.82) is 0 Å². The van der Waals surface area contributed by atoms with Crippen molar-refractivity contribution in [1.82, 2.24) is 19.9 Å². The van der Waals surface area contributed by atoms with Crippen molar-refractivity contribution >= 4 is 23.1 Å². The van der Waals surface area contributed by atoms with Gasteiger partial charge in [0, 0.05) is 17.3 Å². The minimum atomic E-state index is -0.586. The molecule has 5 rings (SSSR count). The number of amidine groups is 1. The summed E-state index contributed by atoms with van der Waals surface area (Å²) in [6.45, 7) is 1.49. The molecular formula is C25H24FN7O3. The molecule has 2 aliphatic rings. The number of hydrazone groups is 1. The zero-order valence-electron chi connectivity index (χ0n) is 19.7. The molecule has 0 radical (unpaired) electrons. The molecule has 0 saturated carbocycles. The van der Waals surface area contributed by atoms with Gasteiger partial charge in [0.25, 0.3) is 5.96 Å². The van der Waals surface area contributed by atoms with Crippen LogP contribution in [0.4, 0.5) is 4.39 Å². The number of fused-ring (bicyclic) bond motifs is 1. The minimum absolute atomic E-state index is 0.0454. The lowest BCUT2D eigenvalue weighted by molar-refractivity contribution is -0.630. The number of aliphatic imine (C=N–C) groups is 1. The number of rotatable bonds is 6. The highest BCUT2D eigenvalue weighted by atomic mass is 19.1. The number of methoxy groups -OCH3 is 1. The zero-order valence-corrected chi connectivity index (χ0v) is 19.7. The smallest absolute Gasteiger partial charge is 0.318 e. The van der Waals surface area contributed by atoms with Gasteiger partial charge in [0.15, 0.2) is 6.67 Å². The highest BCUT2D eigenvalue weighted by molar-refractivity contribution is 6.33. The number of aromatic nitrogens is 2. The zero-order chi connectivity index (χ0) is 25.4. The molecule has 2 aliphatic heterocycles. The van der Waals surface area contributed by atoms with Crippen molar-refractivity contribution in [2.75, 3.05) is 13.8 Å². The predicted octanol–water partition coefficient (Wildman–Crippen LogP) is 2.22. The average Bonchev–Trinajstić information content (AvgIpc) is 3.21. The molecule has 11 heteroatoms. The summed E-state index contributed by atoms with van der Waals surface area (Å²) >= 11 is 0. The van der Waals surface area contributed by atoms with Gasteiger partial charge in [-0.1, -0.05) is 30.3 Å². The second-order valence-electron chi connectivity index (χ2n) is 8.34. The number of aliphatic hydroxyl groups excluding tert-OH is 1. The third-order valence-corrected chi connectivity index (χ3v) is 5.93. The molecule has 3 aromatic rings. The molecule has 0 amide bonds. The molecule has 0 atom stereocenters. The number of halogens is 1. The number of hydrogen-bond donors (Lipinski definition) is 2. The fraction of sp³-hybridized carbons (Fsp3) is 0.200. The van der Waals surface area contributed by atoms with Gasteiger partial charge in [-0.15, -0.1) is 0 Å². The van der Waals surface area contributed by atoms with E-state index in [2.05, 4.69) is 15.0 Å². The van der Waals surface area contributed by atoms with Crippen LogP contribution in [-0.4, -0.2) is 55.4 Å². The third kappa shape index (κ3) is 4.09. The molecule has 10 nitrogen and oxygen atoms in total. The summed E-state index contributed by atoms with van der Waals surface area (Å²) in [5.41, 5.74) is 9.98. The van der Waals surface area contributed by atoms with Crippen LogP contribution in [-0.2, 0) is 13.2 Å². The third-order valence-electron chi connectivity index (χ3n) is 5.93. The van der Waals surface area contributed by atoms with Gasteiger partial charge in [0.2, 0.25) is 0 Å². The van der Waals surface area contributed by atoms with Crippen LogP contribution in [0.25, 0.3) is 11.3 Å². The number of nitrogens with two attached hydrogens (primary N) is 1. The fourth-order valence-electron chi connectivity index (χ4n) is 4.27. The quantitative estimate of drug-likeness (QED) is 0.399. The number of benzene rings is 1. The fourth-order valence-corrected chi connectivity index (χ4v) is 4.27. The first-order valence-electron chi connectivity index (χ1n) is 11.2. The van der Waals surface area contributed by atoms with Crippen LogP contribution in [0.5, 0.6) is 5.75 Å². The Morgan fingerprint density at radius 2 is 1.97 bits per heavy atom. The van der Waals surface area contributed by atoms with E-state index in [1.807, 2.05) is 43.3 Å². The summed E-state index contributed by atoms with van der Waals surface area (Å²) in [5.74, 6) is 0.0691. The molecule has 0 saturated heterocycles. The molecule has 4 heterocycles. The van der Waals surface area contributed by atoms with Crippen LogP contribution < -0.4 is 10.5 Å². The highest BCUT2D eigenvalue weighted by Crippen LogP contribution is 2.35. The first kappa shape index (κ1) is 23.2. The molecule has 0 aliphatic carbocycles. The maximum absolute atomic E-state index is 14.6. The van der Waals surface area contributed by atoms with Crippen molar-refractivity contribution in [3.05, 3.63) is 94.0 Å². The number of aliphatic hydroxyl groups is 1. The SMILES string of the molecule is COc1cnc(CN2CN3C(N)=NC(c4ccccc4)=C(c4cc(C)nc(CO)c4)C3=[N+]2[O-])c(F)c1. The van der Waals surface area contributed by atoms with Gasteiger partial charge < -0.3 is 20.8 Å². The van der Waals surface area contributed by atoms with Gasteiger partial charge in [-0.2, -0.15) is 19.7 Å². The highest BCUT2D eigenvalue weighted by Gasteiger charge is 2.44. The number of pyridine rings is 2. The largest absolute Gasteiger partial charge is 0.692 e. The van der Waals surface area contributed by atoms with Crippen LogP contribution in [0.1, 0.15) is 28.2 Å². The Labute approximate surface area is 206 Å². The first-order chi connectivity index (χ1) is 17.4. The van der Waals surface area contributed by atoms with Crippen LogP contribution in [0, 0.1) is 17.9 Å². The lowest BCUT2D eigenvalue weighted by atomic mass is 9.96. The topological polar surface area (TPSA) is 126 Å². The molecule has 0 spiro atoms. The maximum Gasteiger partial charge on any atom is 0.318 e. The summed E-state index contributed by atoms with van der Waals surface area (Å²) in [6.07, 6.45) is 1.40. The number of hydrogen-bond acceptors (Lipinski definition) is 9. The lowest BCUT2D eigenvalue weighted by Gasteiger charge is -2.22. The summed E-state index contributed by atoms with van der Waals surface area (Å²) < 4.78 is 19.6. The Morgan fingerprint density at radius 1 is 1.19 bits per heavy atom. The van der Waals surface area contributed by atoms with Gasteiger partial charge in [-0.3, -0.25) is 9.97 Å². The van der Waals surface area contributed by atoms with E-state index >= 15 is 0 Å². The second-order valence-corrected chi connectivity index (χ2v) is 8.34. The van der Waals surface area contributed by atoms with Crippen LogP contribution in [0.15, 0.2) is 59.7 Å². The molecule has 1 aromatic carbocycles. The minimum Gasteiger partial charge on any atom is -0.692 e. The van der Waals surface area contributed by atoms with E-state index in [0.717, 1.165) is 5.56 Å². The monoisotopic (exact) mass is 489 g/mol. The van der Waals surface area contributed by atoms with E-state index < -0.39 is 5.82 Å². The Morgan fingerprint density at radius 3 is 2.67 bits per heavy atom. The molecule has 36 heavy (non-hydrogen) atoms. The van der Waals surface area contributed by atoms with E-state index in [9.17, 15) is 14.7 Å². The first-order valence-corrected chi connectivity index (χ1v) is 11.2. The van der Waals surface area contributed by atoms with Crippen LogP contribution in [0.2, 0.25) is 0 Å². The number of nitrogens with zero attached hydrogens (tertiary/aromatic N) is 6. The van der Waals surface area contributed by atoms with Gasteiger partial charge in [-0.05, 0) is 24.6 Å². The second kappa shape index (κ2) is 9.27. The number of ether oxygens (including phenoxy) is 1. The number of hydrazine groups is 1. The van der Waals surface area contributed by atoms with E-state index in [0.29, 0.717) is 33.1 Å². The average molecular weight is 490 g/mol. The van der Waals surface area contributed by atoms with Crippen LogP contribution in [0.3, 0.4) is 0 Å². The number of aryl methyl sites for hydroxylation is 1. The Bertz CT molecular complexity index is 1420. The number of guanidine groups is 1. The van der Waals surface area contributed by atoms with Gasteiger partial charge in [0.1, 0.15) is 23.7 Å². The van der Waals surface area contributed by atoms with Crippen molar-refractivity contribution < 1.29 is 19.1 Å². The van der Waals surface area contributed by atoms with Crippen molar-refractivity contribution in [2.24, 2.45) is 10.7 Å². The van der Waals surface area contributed by atoms with Crippen molar-refractivity contribution in [2.45, 2.75) is 20.1 Å². The van der Waals surface area contributed by atoms with E-state index in [1.54, 1.807) is 11.0 Å². The maximum atomic E-state index is 14.6. The predicted molar refractivity (Wildman–Crippen MR) is 131 cm³/mol. The standard InChI is InChI=1S/C25H24FN7O3/c1-15-8-17(9-18(13-34)29-15)22-23(16-6-4-3-5-7-16)30-25(27)32-14-31(33(35)24(22)32)12-21-20(26)10-19(36-2)11-28-21/h3-11,34H,12-14H2,1-2H3,(H2,27,30).